The van der Waals surface area contributed by atoms with E-state index >= 15 is 0 Å². The molecule has 1 heterocycles. The van der Waals surface area contributed by atoms with Crippen LogP contribution in [-0.2, 0) is 16.1 Å². The molecule has 0 bridgehead atoms. The summed E-state index contributed by atoms with van der Waals surface area (Å²) in [5.74, 6) is 0.269. The number of imidazole rings is 1. The van der Waals surface area contributed by atoms with Crippen LogP contribution in [0.25, 0.3) is 11.0 Å². The Labute approximate surface area is 151 Å². The number of hydrogen-bond donors (Lipinski definition) is 1. The van der Waals surface area contributed by atoms with Crippen molar-refractivity contribution in [3.05, 3.63) is 54.1 Å². The van der Waals surface area contributed by atoms with Crippen molar-refractivity contribution in [1.82, 2.24) is 9.55 Å². The van der Waals surface area contributed by atoms with Gasteiger partial charge in [0.25, 0.3) is 0 Å². The number of thioether (sulfide) groups is 1. The van der Waals surface area contributed by atoms with Gasteiger partial charge in [0, 0.05) is 19.3 Å². The lowest BCUT2D eigenvalue weighted by atomic mass is 10.2. The van der Waals surface area contributed by atoms with Crippen LogP contribution in [0.5, 0.6) is 0 Å². The molecule has 0 saturated heterocycles. The minimum Gasteiger partial charge on any atom is -0.383 e. The summed E-state index contributed by atoms with van der Waals surface area (Å²) in [6.45, 7) is 3.31. The molecular weight excluding hydrogens is 334 g/mol. The van der Waals surface area contributed by atoms with Crippen molar-refractivity contribution in [3.63, 3.8) is 0 Å². The molecule has 6 heteroatoms. The molecule has 1 N–H and O–H groups in total. The van der Waals surface area contributed by atoms with Crippen molar-refractivity contribution < 1.29 is 9.53 Å². The van der Waals surface area contributed by atoms with Gasteiger partial charge in [-0.25, -0.2) is 4.98 Å². The molecule has 1 aromatic heterocycles. The number of amides is 1. The van der Waals surface area contributed by atoms with Gasteiger partial charge in [0.2, 0.25) is 5.91 Å². The molecule has 0 radical (unpaired) electrons. The Balaban J connectivity index is 1.70. The molecule has 1 amide bonds. The summed E-state index contributed by atoms with van der Waals surface area (Å²) in [4.78, 5) is 16.9. The van der Waals surface area contributed by atoms with Crippen LogP contribution in [0.15, 0.2) is 53.7 Å². The number of anilines is 1. The van der Waals surface area contributed by atoms with Gasteiger partial charge in [-0.15, -0.1) is 0 Å². The van der Waals surface area contributed by atoms with Crippen LogP contribution < -0.4 is 5.32 Å². The highest BCUT2D eigenvalue weighted by Crippen LogP contribution is 2.24. The van der Waals surface area contributed by atoms with Gasteiger partial charge in [-0.2, -0.15) is 0 Å². The van der Waals surface area contributed by atoms with Crippen LogP contribution in [0.3, 0.4) is 0 Å². The Bertz CT molecular complexity index is 876. The van der Waals surface area contributed by atoms with Crippen LogP contribution in [0, 0.1) is 6.92 Å². The summed E-state index contributed by atoms with van der Waals surface area (Å²) in [6.07, 6.45) is 0. The van der Waals surface area contributed by atoms with Crippen molar-refractivity contribution in [2.75, 3.05) is 24.8 Å². The number of aromatic nitrogens is 2. The van der Waals surface area contributed by atoms with Crippen LogP contribution in [0.2, 0.25) is 0 Å². The van der Waals surface area contributed by atoms with Gasteiger partial charge in [-0.05, 0) is 36.8 Å². The maximum atomic E-state index is 12.2. The first-order valence-corrected chi connectivity index (χ1v) is 9.09. The van der Waals surface area contributed by atoms with Crippen molar-refractivity contribution >= 4 is 34.4 Å². The van der Waals surface area contributed by atoms with Gasteiger partial charge in [0.15, 0.2) is 5.16 Å². The average molecular weight is 355 g/mol. The van der Waals surface area contributed by atoms with E-state index in [1.165, 1.54) is 11.8 Å². The SMILES string of the molecule is COCCn1c(SCC(=O)Nc2cccc(C)c2)nc2ccccc21. The van der Waals surface area contributed by atoms with Crippen LogP contribution in [0.4, 0.5) is 5.69 Å². The van der Waals surface area contributed by atoms with E-state index in [-0.39, 0.29) is 5.91 Å². The number of hydrogen-bond acceptors (Lipinski definition) is 4. The Morgan fingerprint density at radius 3 is 2.88 bits per heavy atom. The summed E-state index contributed by atoms with van der Waals surface area (Å²) in [6, 6.07) is 15.8. The maximum Gasteiger partial charge on any atom is 0.234 e. The molecule has 130 valence electrons. The molecule has 0 atom stereocenters. The van der Waals surface area contributed by atoms with Crippen LogP contribution in [-0.4, -0.2) is 34.9 Å². The van der Waals surface area contributed by atoms with Gasteiger partial charge in [0.05, 0.1) is 23.4 Å². The monoisotopic (exact) mass is 355 g/mol. The number of rotatable bonds is 7. The molecule has 0 aliphatic rings. The Morgan fingerprint density at radius 1 is 1.24 bits per heavy atom. The van der Waals surface area contributed by atoms with E-state index in [1.807, 2.05) is 55.5 Å². The first-order chi connectivity index (χ1) is 12.2. The van der Waals surface area contributed by atoms with E-state index in [0.29, 0.717) is 18.9 Å². The minimum absolute atomic E-state index is 0.0408. The Morgan fingerprint density at radius 2 is 2.08 bits per heavy atom. The predicted octanol–water partition coefficient (Wildman–Crippen LogP) is 3.72. The highest BCUT2D eigenvalue weighted by Gasteiger charge is 2.13. The maximum absolute atomic E-state index is 12.2. The predicted molar refractivity (Wildman–Crippen MR) is 102 cm³/mol. The average Bonchev–Trinajstić information content (AvgIpc) is 2.96. The third-order valence-electron chi connectivity index (χ3n) is 3.77. The zero-order chi connectivity index (χ0) is 17.6. The van der Waals surface area contributed by atoms with Crippen LogP contribution >= 0.6 is 11.8 Å². The van der Waals surface area contributed by atoms with Gasteiger partial charge < -0.3 is 14.6 Å². The number of nitrogens with one attached hydrogen (secondary N) is 1. The first-order valence-electron chi connectivity index (χ1n) is 8.11. The van der Waals surface area contributed by atoms with E-state index in [9.17, 15) is 4.79 Å². The smallest absolute Gasteiger partial charge is 0.234 e. The Hall–Kier alpha value is -2.31. The molecule has 5 nitrogen and oxygen atoms in total. The number of fused-ring (bicyclic) bond motifs is 1. The molecule has 0 aliphatic carbocycles. The zero-order valence-corrected chi connectivity index (χ0v) is 15.2. The van der Waals surface area contributed by atoms with Crippen molar-refractivity contribution in [3.8, 4) is 0 Å². The van der Waals surface area contributed by atoms with Gasteiger partial charge in [0.1, 0.15) is 0 Å². The van der Waals surface area contributed by atoms with Crippen molar-refractivity contribution in [2.24, 2.45) is 0 Å². The fourth-order valence-electron chi connectivity index (χ4n) is 2.61. The number of nitrogens with zero attached hydrogens (tertiary/aromatic N) is 2. The molecule has 0 saturated carbocycles. The number of methoxy groups -OCH3 is 1. The lowest BCUT2D eigenvalue weighted by Gasteiger charge is -2.09. The molecule has 2 aromatic carbocycles. The number of ether oxygens (including phenoxy) is 1. The molecular formula is C19H21N3O2S. The third-order valence-corrected chi connectivity index (χ3v) is 4.75. The highest BCUT2D eigenvalue weighted by atomic mass is 32.2. The summed E-state index contributed by atoms with van der Waals surface area (Å²) in [5.41, 5.74) is 3.92. The van der Waals surface area contributed by atoms with E-state index in [1.54, 1.807) is 7.11 Å². The number of carbonyl (C=O) groups excluding carboxylic acids is 1. The third kappa shape index (κ3) is 4.41. The quantitative estimate of drug-likeness (QED) is 0.656. The molecule has 0 unspecified atom stereocenters. The number of aryl methyl sites for hydroxylation is 1. The van der Waals surface area contributed by atoms with Gasteiger partial charge in [-0.3, -0.25) is 4.79 Å². The lowest BCUT2D eigenvalue weighted by Crippen LogP contribution is -2.15. The van der Waals surface area contributed by atoms with Gasteiger partial charge in [-0.1, -0.05) is 36.0 Å². The summed E-state index contributed by atoms with van der Waals surface area (Å²) in [7, 11) is 1.68. The number of para-hydroxylation sites is 2. The summed E-state index contributed by atoms with van der Waals surface area (Å²) < 4.78 is 7.30. The minimum atomic E-state index is -0.0408. The van der Waals surface area contributed by atoms with Gasteiger partial charge >= 0.3 is 0 Å². The molecule has 3 aromatic rings. The number of benzene rings is 2. The fraction of sp³-hybridized carbons (Fsp3) is 0.263. The summed E-state index contributed by atoms with van der Waals surface area (Å²) in [5, 5.41) is 3.76. The van der Waals surface area contributed by atoms with Crippen molar-refractivity contribution in [1.29, 1.82) is 0 Å². The largest absolute Gasteiger partial charge is 0.383 e. The second kappa shape index (κ2) is 8.18. The normalized spacial score (nSPS) is 11.0. The zero-order valence-electron chi connectivity index (χ0n) is 14.4. The molecule has 25 heavy (non-hydrogen) atoms. The molecule has 3 rings (SSSR count). The van der Waals surface area contributed by atoms with E-state index < -0.39 is 0 Å². The van der Waals surface area contributed by atoms with E-state index in [2.05, 4.69) is 14.9 Å². The molecule has 0 spiro atoms. The Kier molecular flexibility index (Phi) is 5.73. The fourth-order valence-corrected chi connectivity index (χ4v) is 3.45. The van der Waals surface area contributed by atoms with E-state index in [0.717, 1.165) is 27.4 Å². The summed E-state index contributed by atoms with van der Waals surface area (Å²) >= 11 is 1.44. The standard InChI is InChI=1S/C19H21N3O2S/c1-14-6-5-7-15(12-14)20-18(23)13-25-19-21-16-8-3-4-9-17(16)22(19)10-11-24-2/h3-9,12H,10-11,13H2,1-2H3,(H,20,23). The highest BCUT2D eigenvalue weighted by molar-refractivity contribution is 7.99. The molecule has 0 aliphatic heterocycles. The van der Waals surface area contributed by atoms with Crippen molar-refractivity contribution in [2.45, 2.75) is 18.6 Å². The molecule has 0 fully saturated rings. The topological polar surface area (TPSA) is 56.1 Å². The number of carbonyl (C=O) groups is 1. The van der Waals surface area contributed by atoms with Crippen LogP contribution in [0.1, 0.15) is 5.56 Å². The second-order valence-corrected chi connectivity index (χ2v) is 6.68. The second-order valence-electron chi connectivity index (χ2n) is 5.73. The first kappa shape index (κ1) is 17.5. The van der Waals surface area contributed by atoms with E-state index in [4.69, 9.17) is 4.74 Å². The lowest BCUT2D eigenvalue weighted by molar-refractivity contribution is -0.113.